The lowest BCUT2D eigenvalue weighted by Crippen LogP contribution is -2.23. The normalized spacial score (nSPS) is 17.6. The van der Waals surface area contributed by atoms with Crippen molar-refractivity contribution in [2.45, 2.75) is 32.4 Å². The lowest BCUT2D eigenvalue weighted by Gasteiger charge is -2.23. The third-order valence-electron chi connectivity index (χ3n) is 4.77. The Labute approximate surface area is 141 Å². The SMILES string of the molecule is Cc1cc(CNC(c2ccc3c(c2)OCCO3)C2CC2)ccc1F. The number of nitrogens with one attached hydrogen (secondary N) is 1. The van der Waals surface area contributed by atoms with E-state index in [0.29, 0.717) is 30.7 Å². The maximum Gasteiger partial charge on any atom is 0.161 e. The summed E-state index contributed by atoms with van der Waals surface area (Å²) in [5.74, 6) is 2.18. The van der Waals surface area contributed by atoms with Gasteiger partial charge in [0.05, 0.1) is 0 Å². The number of rotatable bonds is 5. The lowest BCUT2D eigenvalue weighted by molar-refractivity contribution is 0.171. The molecule has 1 unspecified atom stereocenters. The van der Waals surface area contributed by atoms with Gasteiger partial charge in [0.25, 0.3) is 0 Å². The van der Waals surface area contributed by atoms with Crippen molar-refractivity contribution < 1.29 is 13.9 Å². The van der Waals surface area contributed by atoms with Gasteiger partial charge in [-0.05, 0) is 60.6 Å². The zero-order valence-electron chi connectivity index (χ0n) is 13.8. The summed E-state index contributed by atoms with van der Waals surface area (Å²) in [4.78, 5) is 0. The van der Waals surface area contributed by atoms with Gasteiger partial charge in [0.2, 0.25) is 0 Å². The molecule has 0 amide bonds. The zero-order chi connectivity index (χ0) is 16.5. The van der Waals surface area contributed by atoms with E-state index in [2.05, 4.69) is 17.4 Å². The van der Waals surface area contributed by atoms with Crippen LogP contribution in [-0.2, 0) is 6.54 Å². The third-order valence-corrected chi connectivity index (χ3v) is 4.77. The van der Waals surface area contributed by atoms with Crippen LogP contribution in [0.4, 0.5) is 4.39 Å². The zero-order valence-corrected chi connectivity index (χ0v) is 13.8. The molecule has 1 fully saturated rings. The quantitative estimate of drug-likeness (QED) is 0.895. The molecule has 0 bridgehead atoms. The molecule has 24 heavy (non-hydrogen) atoms. The highest BCUT2D eigenvalue weighted by molar-refractivity contribution is 5.45. The first kappa shape index (κ1) is 15.5. The first-order valence-corrected chi connectivity index (χ1v) is 8.58. The van der Waals surface area contributed by atoms with Crippen LogP contribution < -0.4 is 14.8 Å². The highest BCUT2D eigenvalue weighted by atomic mass is 19.1. The van der Waals surface area contributed by atoms with Crippen LogP contribution in [0.25, 0.3) is 0 Å². The number of fused-ring (bicyclic) bond motifs is 1. The van der Waals surface area contributed by atoms with Crippen molar-refractivity contribution in [3.05, 3.63) is 58.9 Å². The van der Waals surface area contributed by atoms with E-state index < -0.39 is 0 Å². The molecule has 0 spiro atoms. The Kier molecular flexibility index (Phi) is 4.15. The Balaban J connectivity index is 1.51. The van der Waals surface area contributed by atoms with E-state index in [1.54, 1.807) is 13.0 Å². The standard InChI is InChI=1S/C20H22FNO2/c1-13-10-14(2-6-17(13)21)12-22-20(15-3-4-15)16-5-7-18-19(11-16)24-9-8-23-18/h2,5-7,10-11,15,20,22H,3-4,8-9,12H2,1H3. The summed E-state index contributed by atoms with van der Waals surface area (Å²) in [6.45, 7) is 3.75. The minimum absolute atomic E-state index is 0.149. The van der Waals surface area contributed by atoms with Crippen LogP contribution in [-0.4, -0.2) is 13.2 Å². The van der Waals surface area contributed by atoms with Crippen LogP contribution in [0.2, 0.25) is 0 Å². The molecular formula is C20H22FNO2. The lowest BCUT2D eigenvalue weighted by atomic mass is 10.0. The van der Waals surface area contributed by atoms with Crippen molar-refractivity contribution in [1.29, 1.82) is 0 Å². The van der Waals surface area contributed by atoms with Gasteiger partial charge >= 0.3 is 0 Å². The molecule has 2 aromatic carbocycles. The van der Waals surface area contributed by atoms with Crippen LogP contribution in [0.15, 0.2) is 36.4 Å². The highest BCUT2D eigenvalue weighted by Crippen LogP contribution is 2.43. The van der Waals surface area contributed by atoms with Crippen molar-refractivity contribution >= 4 is 0 Å². The summed E-state index contributed by atoms with van der Waals surface area (Å²) in [5, 5.41) is 3.65. The maximum atomic E-state index is 13.4. The largest absolute Gasteiger partial charge is 0.486 e. The van der Waals surface area contributed by atoms with Crippen molar-refractivity contribution in [3.8, 4) is 11.5 Å². The Morgan fingerprint density at radius 1 is 1.08 bits per heavy atom. The van der Waals surface area contributed by atoms with Gasteiger partial charge in [-0.2, -0.15) is 0 Å². The molecule has 4 heteroatoms. The highest BCUT2D eigenvalue weighted by Gasteiger charge is 2.32. The van der Waals surface area contributed by atoms with E-state index in [4.69, 9.17) is 9.47 Å². The molecule has 1 atom stereocenters. The van der Waals surface area contributed by atoms with Gasteiger partial charge in [0.1, 0.15) is 19.0 Å². The summed E-state index contributed by atoms with van der Waals surface area (Å²) in [5.41, 5.74) is 3.04. The maximum absolute atomic E-state index is 13.4. The van der Waals surface area contributed by atoms with Gasteiger partial charge in [0, 0.05) is 12.6 Å². The smallest absolute Gasteiger partial charge is 0.161 e. The summed E-state index contributed by atoms with van der Waals surface area (Å²) in [7, 11) is 0. The van der Waals surface area contributed by atoms with E-state index in [1.807, 2.05) is 18.2 Å². The number of benzene rings is 2. The fraction of sp³-hybridized carbons (Fsp3) is 0.400. The number of halogens is 1. The molecule has 2 aromatic rings. The molecule has 2 aliphatic rings. The fourth-order valence-electron chi connectivity index (χ4n) is 3.28. The Hall–Kier alpha value is -2.07. The molecule has 1 aliphatic heterocycles. The molecule has 1 heterocycles. The van der Waals surface area contributed by atoms with Crippen LogP contribution >= 0.6 is 0 Å². The second-order valence-corrected chi connectivity index (χ2v) is 6.68. The summed E-state index contributed by atoms with van der Waals surface area (Å²) in [6, 6.07) is 11.8. The average molecular weight is 327 g/mol. The first-order chi connectivity index (χ1) is 11.7. The fourth-order valence-corrected chi connectivity index (χ4v) is 3.28. The average Bonchev–Trinajstić information content (AvgIpc) is 3.43. The molecule has 0 radical (unpaired) electrons. The van der Waals surface area contributed by atoms with Crippen molar-refractivity contribution in [3.63, 3.8) is 0 Å². The third kappa shape index (κ3) is 3.24. The van der Waals surface area contributed by atoms with E-state index in [-0.39, 0.29) is 5.82 Å². The van der Waals surface area contributed by atoms with Gasteiger partial charge in [-0.25, -0.2) is 4.39 Å². The molecule has 126 valence electrons. The number of hydrogen-bond donors (Lipinski definition) is 1. The van der Waals surface area contributed by atoms with Crippen LogP contribution in [0.1, 0.15) is 35.6 Å². The number of aryl methyl sites for hydroxylation is 1. The van der Waals surface area contributed by atoms with Gasteiger partial charge in [-0.1, -0.05) is 18.2 Å². The second kappa shape index (κ2) is 6.44. The summed E-state index contributed by atoms with van der Waals surface area (Å²) in [6.07, 6.45) is 2.49. The first-order valence-electron chi connectivity index (χ1n) is 8.58. The van der Waals surface area contributed by atoms with Crippen molar-refractivity contribution in [2.75, 3.05) is 13.2 Å². The molecule has 4 rings (SSSR count). The van der Waals surface area contributed by atoms with Crippen molar-refractivity contribution in [2.24, 2.45) is 5.92 Å². The van der Waals surface area contributed by atoms with Gasteiger partial charge in [-0.3, -0.25) is 0 Å². The van der Waals surface area contributed by atoms with E-state index in [0.717, 1.165) is 23.6 Å². The molecule has 1 saturated carbocycles. The number of ether oxygens (including phenoxy) is 2. The minimum Gasteiger partial charge on any atom is -0.486 e. The van der Waals surface area contributed by atoms with Crippen LogP contribution in [0, 0.1) is 18.7 Å². The summed E-state index contributed by atoms with van der Waals surface area (Å²) >= 11 is 0. The Bertz CT molecular complexity index is 742. The van der Waals surface area contributed by atoms with Crippen LogP contribution in [0.5, 0.6) is 11.5 Å². The van der Waals surface area contributed by atoms with E-state index in [9.17, 15) is 4.39 Å². The van der Waals surface area contributed by atoms with Gasteiger partial charge < -0.3 is 14.8 Å². The second-order valence-electron chi connectivity index (χ2n) is 6.68. The summed E-state index contributed by atoms with van der Waals surface area (Å²) < 4.78 is 24.7. The van der Waals surface area contributed by atoms with E-state index >= 15 is 0 Å². The number of hydrogen-bond acceptors (Lipinski definition) is 3. The van der Waals surface area contributed by atoms with Crippen LogP contribution in [0.3, 0.4) is 0 Å². The molecule has 0 aromatic heterocycles. The Morgan fingerprint density at radius 3 is 2.62 bits per heavy atom. The molecular weight excluding hydrogens is 305 g/mol. The predicted octanol–water partition coefficient (Wildman–Crippen LogP) is 4.15. The predicted molar refractivity (Wildman–Crippen MR) is 90.9 cm³/mol. The van der Waals surface area contributed by atoms with Gasteiger partial charge in [-0.15, -0.1) is 0 Å². The van der Waals surface area contributed by atoms with E-state index in [1.165, 1.54) is 18.4 Å². The molecule has 3 nitrogen and oxygen atoms in total. The monoisotopic (exact) mass is 327 g/mol. The van der Waals surface area contributed by atoms with Crippen molar-refractivity contribution in [1.82, 2.24) is 5.32 Å². The topological polar surface area (TPSA) is 30.5 Å². The molecule has 0 saturated heterocycles. The minimum atomic E-state index is -0.149. The Morgan fingerprint density at radius 2 is 1.88 bits per heavy atom. The molecule has 1 N–H and O–H groups in total. The molecule has 1 aliphatic carbocycles. The van der Waals surface area contributed by atoms with Gasteiger partial charge in [0.15, 0.2) is 11.5 Å².